The molecule has 176 valence electrons. The van der Waals surface area contributed by atoms with Crippen LogP contribution in [0.3, 0.4) is 0 Å². The zero-order valence-corrected chi connectivity index (χ0v) is 20.0. The van der Waals surface area contributed by atoms with Crippen LogP contribution in [0, 0.1) is 11.6 Å². The van der Waals surface area contributed by atoms with Crippen molar-refractivity contribution in [2.24, 2.45) is 0 Å². The molecule has 0 saturated carbocycles. The van der Waals surface area contributed by atoms with Crippen molar-refractivity contribution in [2.75, 3.05) is 5.32 Å². The van der Waals surface area contributed by atoms with E-state index in [0.29, 0.717) is 0 Å². The van der Waals surface area contributed by atoms with E-state index in [0.717, 1.165) is 29.0 Å². The van der Waals surface area contributed by atoms with Crippen molar-refractivity contribution in [3.63, 3.8) is 0 Å². The van der Waals surface area contributed by atoms with Crippen molar-refractivity contribution in [2.45, 2.75) is 31.3 Å². The highest BCUT2D eigenvalue weighted by atomic mass is 32.2. The van der Waals surface area contributed by atoms with Crippen LogP contribution in [0.5, 0.6) is 0 Å². The van der Waals surface area contributed by atoms with Crippen LogP contribution < -0.4 is 5.32 Å². The molecule has 34 heavy (non-hydrogen) atoms. The van der Waals surface area contributed by atoms with Gasteiger partial charge in [0, 0.05) is 24.2 Å². The molecule has 0 saturated heterocycles. The number of amides is 1. The predicted molar refractivity (Wildman–Crippen MR) is 128 cm³/mol. The fraction of sp³-hybridized carbons (Fsp3) is 0.167. The van der Waals surface area contributed by atoms with Gasteiger partial charge in [0.25, 0.3) is 5.91 Å². The smallest absolute Gasteiger partial charge is 0.257 e. The molecule has 1 N–H and O–H groups in total. The number of nitrogens with one attached hydrogen (secondary N) is 1. The summed E-state index contributed by atoms with van der Waals surface area (Å²) in [6.07, 6.45) is 0. The van der Waals surface area contributed by atoms with Gasteiger partial charge in [-0.2, -0.15) is 4.31 Å². The number of hydrogen-bond acceptors (Lipinski definition) is 5. The minimum Gasteiger partial charge on any atom is -0.298 e. The molecule has 10 heteroatoms. The van der Waals surface area contributed by atoms with Gasteiger partial charge >= 0.3 is 0 Å². The number of nitrogens with zero attached hydrogens (tertiary/aromatic N) is 2. The molecule has 0 radical (unpaired) electrons. The zero-order chi connectivity index (χ0) is 24.5. The van der Waals surface area contributed by atoms with Gasteiger partial charge in [-0.05, 0) is 49.7 Å². The second-order valence-electron chi connectivity index (χ2n) is 7.86. The molecule has 0 aliphatic rings. The van der Waals surface area contributed by atoms with E-state index in [1.165, 1.54) is 28.6 Å². The van der Waals surface area contributed by atoms with Crippen molar-refractivity contribution in [3.05, 3.63) is 89.5 Å². The molecule has 3 aromatic carbocycles. The summed E-state index contributed by atoms with van der Waals surface area (Å²) in [6.45, 7) is 3.82. The van der Waals surface area contributed by atoms with Crippen molar-refractivity contribution >= 4 is 42.6 Å². The Morgan fingerprint density at radius 3 is 2.38 bits per heavy atom. The van der Waals surface area contributed by atoms with Crippen LogP contribution in [0.15, 0.2) is 71.6 Å². The van der Waals surface area contributed by atoms with Gasteiger partial charge in [0.1, 0.15) is 11.3 Å². The average molecular weight is 502 g/mol. The van der Waals surface area contributed by atoms with Gasteiger partial charge in [0.15, 0.2) is 10.9 Å². The first-order chi connectivity index (χ1) is 16.1. The van der Waals surface area contributed by atoms with Crippen LogP contribution in [0.4, 0.5) is 13.9 Å². The summed E-state index contributed by atoms with van der Waals surface area (Å²) in [5.41, 5.74) is 1.03. The largest absolute Gasteiger partial charge is 0.298 e. The Labute approximate surface area is 199 Å². The molecule has 1 aromatic heterocycles. The maximum atomic E-state index is 13.9. The fourth-order valence-electron chi connectivity index (χ4n) is 3.40. The van der Waals surface area contributed by atoms with Gasteiger partial charge in [-0.1, -0.05) is 41.7 Å². The lowest BCUT2D eigenvalue weighted by atomic mass is 10.2. The monoisotopic (exact) mass is 501 g/mol. The van der Waals surface area contributed by atoms with E-state index in [-0.39, 0.29) is 38.4 Å². The quantitative estimate of drug-likeness (QED) is 0.366. The molecule has 0 aliphatic carbocycles. The van der Waals surface area contributed by atoms with E-state index >= 15 is 0 Å². The molecule has 4 aromatic rings. The number of thiazole rings is 1. The van der Waals surface area contributed by atoms with E-state index in [9.17, 15) is 22.0 Å². The van der Waals surface area contributed by atoms with Crippen LogP contribution in [0.2, 0.25) is 0 Å². The molecule has 1 amide bonds. The average Bonchev–Trinajstić information content (AvgIpc) is 3.20. The van der Waals surface area contributed by atoms with Gasteiger partial charge in [-0.25, -0.2) is 22.2 Å². The third kappa shape index (κ3) is 4.98. The van der Waals surface area contributed by atoms with E-state index in [1.807, 2.05) is 30.3 Å². The number of fused-ring (bicyclic) bond motifs is 1. The van der Waals surface area contributed by atoms with Crippen LogP contribution in [-0.2, 0) is 16.6 Å². The lowest BCUT2D eigenvalue weighted by Crippen LogP contribution is -2.36. The molecule has 0 unspecified atom stereocenters. The number of aromatic nitrogens is 1. The van der Waals surface area contributed by atoms with Gasteiger partial charge < -0.3 is 0 Å². The molecule has 4 rings (SSSR count). The number of hydrogen-bond donors (Lipinski definition) is 1. The molecular formula is C24H21F2N3O3S2. The SMILES string of the molecule is CC(C)N(Cc1ccccc1)S(=O)(=O)c1ccc(C(=O)Nc2nc3c(F)cc(F)cc3s2)cc1. The van der Waals surface area contributed by atoms with E-state index in [2.05, 4.69) is 10.3 Å². The second-order valence-corrected chi connectivity index (χ2v) is 10.8. The van der Waals surface area contributed by atoms with Crippen molar-refractivity contribution in [1.29, 1.82) is 0 Å². The summed E-state index contributed by atoms with van der Waals surface area (Å²) in [6, 6.07) is 16.4. The van der Waals surface area contributed by atoms with E-state index < -0.39 is 27.6 Å². The Morgan fingerprint density at radius 2 is 1.74 bits per heavy atom. The van der Waals surface area contributed by atoms with Crippen LogP contribution in [0.1, 0.15) is 29.8 Å². The fourth-order valence-corrected chi connectivity index (χ4v) is 5.93. The molecule has 1 heterocycles. The maximum absolute atomic E-state index is 13.9. The number of carbonyl (C=O) groups excluding carboxylic acids is 1. The van der Waals surface area contributed by atoms with Gasteiger partial charge in [0.05, 0.1) is 9.60 Å². The Hall–Kier alpha value is -3.21. The maximum Gasteiger partial charge on any atom is 0.257 e. The lowest BCUT2D eigenvalue weighted by molar-refractivity contribution is 0.102. The molecule has 6 nitrogen and oxygen atoms in total. The Balaban J connectivity index is 1.53. The normalized spacial score (nSPS) is 11.9. The molecule has 0 bridgehead atoms. The van der Waals surface area contributed by atoms with Gasteiger partial charge in [-0.15, -0.1) is 0 Å². The second kappa shape index (κ2) is 9.57. The van der Waals surface area contributed by atoms with Crippen LogP contribution >= 0.6 is 11.3 Å². The van der Waals surface area contributed by atoms with Crippen molar-refractivity contribution in [1.82, 2.24) is 9.29 Å². The summed E-state index contributed by atoms with van der Waals surface area (Å²) in [5.74, 6) is -2.09. The van der Waals surface area contributed by atoms with E-state index in [4.69, 9.17) is 0 Å². The standard InChI is InChI=1S/C24H21F2N3O3S2/c1-15(2)29(14-16-6-4-3-5-7-16)34(31,32)19-10-8-17(9-11-19)23(30)28-24-27-22-20(26)12-18(25)13-21(22)33-24/h3-13,15H,14H2,1-2H3,(H,27,28,30). The molecule has 0 aliphatic heterocycles. The number of benzene rings is 3. The molecule has 0 atom stereocenters. The number of rotatable bonds is 7. The van der Waals surface area contributed by atoms with Crippen LogP contribution in [-0.4, -0.2) is 29.7 Å². The summed E-state index contributed by atoms with van der Waals surface area (Å²) < 4.78 is 55.4. The summed E-state index contributed by atoms with van der Waals surface area (Å²) >= 11 is 0.938. The number of halogens is 2. The Kier molecular flexibility index (Phi) is 6.74. The third-order valence-electron chi connectivity index (χ3n) is 5.11. The highest BCUT2D eigenvalue weighted by Gasteiger charge is 2.27. The number of anilines is 1. The Bertz CT molecular complexity index is 1440. The first-order valence-corrected chi connectivity index (χ1v) is 12.6. The van der Waals surface area contributed by atoms with Crippen LogP contribution in [0.25, 0.3) is 10.2 Å². The topological polar surface area (TPSA) is 79.4 Å². The highest BCUT2D eigenvalue weighted by molar-refractivity contribution is 7.89. The first-order valence-electron chi connectivity index (χ1n) is 10.4. The summed E-state index contributed by atoms with van der Waals surface area (Å²) in [7, 11) is -3.81. The number of carbonyl (C=O) groups is 1. The predicted octanol–water partition coefficient (Wildman–Crippen LogP) is 5.43. The van der Waals surface area contributed by atoms with Crippen molar-refractivity contribution < 1.29 is 22.0 Å². The number of sulfonamides is 1. The van der Waals surface area contributed by atoms with Crippen molar-refractivity contribution in [3.8, 4) is 0 Å². The minimum absolute atomic E-state index is 0.0321. The minimum atomic E-state index is -3.81. The van der Waals surface area contributed by atoms with Gasteiger partial charge in [0.2, 0.25) is 10.0 Å². The van der Waals surface area contributed by atoms with E-state index in [1.54, 1.807) is 13.8 Å². The third-order valence-corrected chi connectivity index (χ3v) is 8.07. The lowest BCUT2D eigenvalue weighted by Gasteiger charge is -2.26. The molecular weight excluding hydrogens is 480 g/mol. The summed E-state index contributed by atoms with van der Waals surface area (Å²) in [5, 5.41) is 2.65. The summed E-state index contributed by atoms with van der Waals surface area (Å²) in [4.78, 5) is 16.7. The highest BCUT2D eigenvalue weighted by Crippen LogP contribution is 2.29. The first kappa shape index (κ1) is 23.9. The molecule has 0 spiro atoms. The zero-order valence-electron chi connectivity index (χ0n) is 18.3. The Morgan fingerprint density at radius 1 is 1.06 bits per heavy atom. The van der Waals surface area contributed by atoms with Gasteiger partial charge in [-0.3, -0.25) is 10.1 Å². The molecule has 0 fully saturated rings.